The van der Waals surface area contributed by atoms with Gasteiger partial charge in [0, 0.05) is 32.4 Å². The predicted octanol–water partition coefficient (Wildman–Crippen LogP) is -0.501. The van der Waals surface area contributed by atoms with Crippen molar-refractivity contribution in [3.63, 3.8) is 0 Å². The van der Waals surface area contributed by atoms with Crippen LogP contribution in [0.25, 0.3) is 5.65 Å². The Balaban J connectivity index is 2.08. The van der Waals surface area contributed by atoms with Gasteiger partial charge >= 0.3 is 5.69 Å². The molecule has 88 valence electrons. The number of pyridine rings is 1. The Kier molecular flexibility index (Phi) is 2.49. The van der Waals surface area contributed by atoms with E-state index >= 15 is 0 Å². The zero-order valence-electron chi connectivity index (χ0n) is 9.33. The third kappa shape index (κ3) is 1.87. The van der Waals surface area contributed by atoms with Gasteiger partial charge in [0.15, 0.2) is 0 Å². The highest BCUT2D eigenvalue weighted by Crippen LogP contribution is 2.07. The Morgan fingerprint density at radius 2 is 2.00 bits per heavy atom. The molecular weight excluding hydrogens is 218 g/mol. The van der Waals surface area contributed by atoms with Crippen molar-refractivity contribution in [3.8, 4) is 0 Å². The summed E-state index contributed by atoms with van der Waals surface area (Å²) in [7, 11) is 0. The van der Waals surface area contributed by atoms with Crippen molar-refractivity contribution in [2.24, 2.45) is 0 Å². The molecular formula is C11H13N5O. The second-order valence-corrected chi connectivity index (χ2v) is 3.97. The van der Waals surface area contributed by atoms with Gasteiger partial charge in [-0.15, -0.1) is 0 Å². The third-order valence-corrected chi connectivity index (χ3v) is 2.85. The number of nitrogens with one attached hydrogen (secondary N) is 1. The van der Waals surface area contributed by atoms with Gasteiger partial charge in [0.1, 0.15) is 5.65 Å². The van der Waals surface area contributed by atoms with Gasteiger partial charge in [-0.05, 0) is 12.1 Å². The summed E-state index contributed by atoms with van der Waals surface area (Å²) in [5.74, 6) is 0.530. The standard InChI is InChI=1S/C11H13N5O/c17-11-14-10(15-7-4-12-5-8-15)13-9-3-1-2-6-16(9)11/h1-3,6,12H,4-5,7-8H2. The molecule has 0 aromatic carbocycles. The molecule has 1 aliphatic heterocycles. The second kappa shape index (κ2) is 4.14. The van der Waals surface area contributed by atoms with Crippen molar-refractivity contribution in [1.82, 2.24) is 19.7 Å². The fourth-order valence-electron chi connectivity index (χ4n) is 1.96. The maximum Gasteiger partial charge on any atom is 0.356 e. The van der Waals surface area contributed by atoms with Gasteiger partial charge in [0.05, 0.1) is 0 Å². The van der Waals surface area contributed by atoms with Crippen LogP contribution in [-0.4, -0.2) is 40.5 Å². The number of piperazine rings is 1. The van der Waals surface area contributed by atoms with Crippen molar-refractivity contribution >= 4 is 11.6 Å². The molecule has 0 spiro atoms. The minimum Gasteiger partial charge on any atom is -0.338 e. The van der Waals surface area contributed by atoms with Crippen molar-refractivity contribution < 1.29 is 0 Å². The van der Waals surface area contributed by atoms with E-state index in [1.807, 2.05) is 17.0 Å². The van der Waals surface area contributed by atoms with E-state index in [9.17, 15) is 4.79 Å². The molecule has 1 N–H and O–H groups in total. The zero-order valence-corrected chi connectivity index (χ0v) is 9.33. The lowest BCUT2D eigenvalue weighted by molar-refractivity contribution is 0.578. The molecule has 0 amide bonds. The topological polar surface area (TPSA) is 62.5 Å². The summed E-state index contributed by atoms with van der Waals surface area (Å²) in [6.45, 7) is 3.47. The lowest BCUT2D eigenvalue weighted by atomic mass is 10.4. The molecule has 0 atom stereocenters. The monoisotopic (exact) mass is 231 g/mol. The highest BCUT2D eigenvalue weighted by Gasteiger charge is 2.14. The molecule has 0 radical (unpaired) electrons. The smallest absolute Gasteiger partial charge is 0.338 e. The van der Waals surface area contributed by atoms with Crippen LogP contribution < -0.4 is 15.9 Å². The fraction of sp³-hybridized carbons (Fsp3) is 0.364. The molecule has 1 saturated heterocycles. The summed E-state index contributed by atoms with van der Waals surface area (Å²) in [4.78, 5) is 22.3. The minimum absolute atomic E-state index is 0.274. The Bertz CT molecular complexity index is 588. The quantitative estimate of drug-likeness (QED) is 0.717. The number of aromatic nitrogens is 3. The average Bonchev–Trinajstić information content (AvgIpc) is 2.40. The van der Waals surface area contributed by atoms with Gasteiger partial charge in [0.2, 0.25) is 5.95 Å². The first-order valence-electron chi connectivity index (χ1n) is 5.66. The summed E-state index contributed by atoms with van der Waals surface area (Å²) in [5, 5.41) is 3.26. The Labute approximate surface area is 97.9 Å². The molecule has 6 heteroatoms. The van der Waals surface area contributed by atoms with Crippen LogP contribution in [-0.2, 0) is 0 Å². The molecule has 0 bridgehead atoms. The van der Waals surface area contributed by atoms with Crippen LogP contribution in [0.3, 0.4) is 0 Å². The molecule has 0 aliphatic carbocycles. The summed E-state index contributed by atoms with van der Waals surface area (Å²) < 4.78 is 1.45. The van der Waals surface area contributed by atoms with Crippen LogP contribution in [0, 0.1) is 0 Å². The molecule has 17 heavy (non-hydrogen) atoms. The van der Waals surface area contributed by atoms with Gasteiger partial charge in [-0.1, -0.05) is 6.07 Å². The highest BCUT2D eigenvalue weighted by atomic mass is 16.1. The number of hydrogen-bond donors (Lipinski definition) is 1. The van der Waals surface area contributed by atoms with Crippen molar-refractivity contribution in [2.75, 3.05) is 31.1 Å². The first-order valence-corrected chi connectivity index (χ1v) is 5.66. The molecule has 1 fully saturated rings. The summed E-state index contributed by atoms with van der Waals surface area (Å²) in [6, 6.07) is 5.47. The molecule has 6 nitrogen and oxygen atoms in total. The Morgan fingerprint density at radius 3 is 2.82 bits per heavy atom. The fourth-order valence-corrected chi connectivity index (χ4v) is 1.96. The van der Waals surface area contributed by atoms with Gasteiger partial charge in [-0.3, -0.25) is 4.40 Å². The molecule has 2 aromatic rings. The Hall–Kier alpha value is -1.95. The van der Waals surface area contributed by atoms with E-state index in [0.717, 1.165) is 26.2 Å². The van der Waals surface area contributed by atoms with Crippen LogP contribution in [0.4, 0.5) is 5.95 Å². The lowest BCUT2D eigenvalue weighted by Crippen LogP contribution is -2.45. The van der Waals surface area contributed by atoms with Crippen LogP contribution in [0.1, 0.15) is 0 Å². The van der Waals surface area contributed by atoms with Crippen molar-refractivity contribution in [2.45, 2.75) is 0 Å². The number of rotatable bonds is 1. The number of anilines is 1. The van der Waals surface area contributed by atoms with Gasteiger partial charge in [-0.25, -0.2) is 4.79 Å². The normalized spacial score (nSPS) is 16.4. The zero-order chi connectivity index (χ0) is 11.7. The van der Waals surface area contributed by atoms with E-state index in [4.69, 9.17) is 0 Å². The van der Waals surface area contributed by atoms with E-state index in [1.54, 1.807) is 12.3 Å². The van der Waals surface area contributed by atoms with Crippen molar-refractivity contribution in [3.05, 3.63) is 34.9 Å². The van der Waals surface area contributed by atoms with E-state index in [-0.39, 0.29) is 5.69 Å². The maximum atomic E-state index is 11.8. The Morgan fingerprint density at radius 1 is 1.18 bits per heavy atom. The van der Waals surface area contributed by atoms with E-state index < -0.39 is 0 Å². The van der Waals surface area contributed by atoms with E-state index in [2.05, 4.69) is 15.3 Å². The van der Waals surface area contributed by atoms with E-state index in [0.29, 0.717) is 11.6 Å². The van der Waals surface area contributed by atoms with Crippen LogP contribution in [0.15, 0.2) is 29.2 Å². The lowest BCUT2D eigenvalue weighted by Gasteiger charge is -2.27. The van der Waals surface area contributed by atoms with Gasteiger partial charge in [-0.2, -0.15) is 9.97 Å². The van der Waals surface area contributed by atoms with Crippen LogP contribution >= 0.6 is 0 Å². The summed E-state index contributed by atoms with van der Waals surface area (Å²) in [5.41, 5.74) is 0.366. The molecule has 2 aromatic heterocycles. The second-order valence-electron chi connectivity index (χ2n) is 3.97. The maximum absolute atomic E-state index is 11.8. The largest absolute Gasteiger partial charge is 0.356 e. The predicted molar refractivity (Wildman–Crippen MR) is 64.3 cm³/mol. The molecule has 0 saturated carbocycles. The SMILES string of the molecule is O=c1nc(N2CCNCC2)nc2ccccn12. The van der Waals surface area contributed by atoms with Gasteiger partial charge < -0.3 is 10.2 Å². The third-order valence-electron chi connectivity index (χ3n) is 2.85. The highest BCUT2D eigenvalue weighted by molar-refractivity contribution is 5.43. The minimum atomic E-state index is -0.274. The first kappa shape index (κ1) is 10.2. The molecule has 1 aliphatic rings. The summed E-state index contributed by atoms with van der Waals surface area (Å²) in [6.07, 6.45) is 1.68. The molecule has 3 rings (SSSR count). The average molecular weight is 231 g/mol. The van der Waals surface area contributed by atoms with E-state index in [1.165, 1.54) is 4.40 Å². The van der Waals surface area contributed by atoms with Gasteiger partial charge in [0.25, 0.3) is 0 Å². The van der Waals surface area contributed by atoms with Crippen LogP contribution in [0.5, 0.6) is 0 Å². The van der Waals surface area contributed by atoms with Crippen molar-refractivity contribution in [1.29, 1.82) is 0 Å². The summed E-state index contributed by atoms with van der Waals surface area (Å²) >= 11 is 0. The van der Waals surface area contributed by atoms with Crippen LogP contribution in [0.2, 0.25) is 0 Å². The molecule has 0 unspecified atom stereocenters. The number of nitrogens with zero attached hydrogens (tertiary/aromatic N) is 4. The number of fused-ring (bicyclic) bond motifs is 1. The first-order chi connectivity index (χ1) is 8.34. The number of hydrogen-bond acceptors (Lipinski definition) is 5. The molecule has 3 heterocycles.